The summed E-state index contributed by atoms with van der Waals surface area (Å²) in [6.45, 7) is 1.55. The highest BCUT2D eigenvalue weighted by Crippen LogP contribution is 2.43. The Morgan fingerprint density at radius 3 is 1.44 bits per heavy atom. The lowest BCUT2D eigenvalue weighted by molar-refractivity contribution is -0.161. The van der Waals surface area contributed by atoms with E-state index >= 15 is 0 Å². The van der Waals surface area contributed by atoms with Crippen molar-refractivity contribution in [2.45, 2.75) is 167 Å². The van der Waals surface area contributed by atoms with E-state index in [4.69, 9.17) is 23.8 Å². The van der Waals surface area contributed by atoms with Crippen LogP contribution in [-0.4, -0.2) is 70.4 Å². The van der Waals surface area contributed by atoms with Crippen LogP contribution in [-0.2, 0) is 41.8 Å². The smallest absolute Gasteiger partial charge is 0.462 e. The second-order valence-electron chi connectivity index (χ2n) is 14.6. The van der Waals surface area contributed by atoms with Gasteiger partial charge in [0, 0.05) is 12.8 Å². The van der Waals surface area contributed by atoms with E-state index in [2.05, 4.69) is 95.8 Å². The fraction of sp³-hybridized carbons (Fsp3) is 0.652. The zero-order valence-corrected chi connectivity index (χ0v) is 38.8. The SMILES string of the molecule is CC/C=C\C/C=C\C/C=C\C/C=C\CCCCCCC(=O)OC[C@H](COP(=O)(O)OC[C@@H](O)COP(=O)(O)O)OC(=O)CCC/C=C\C/C=C\C/C=C\CCCCCCCC. The molecule has 3 atom stereocenters. The summed E-state index contributed by atoms with van der Waals surface area (Å²) in [6, 6.07) is 0. The molecule has 0 saturated heterocycles. The van der Waals surface area contributed by atoms with Crippen LogP contribution in [0.1, 0.15) is 155 Å². The summed E-state index contributed by atoms with van der Waals surface area (Å²) >= 11 is 0. The van der Waals surface area contributed by atoms with Crippen molar-refractivity contribution in [3.8, 4) is 0 Å². The van der Waals surface area contributed by atoms with Crippen LogP contribution < -0.4 is 0 Å². The standard InChI is InChI=1S/C46H78O13P2/c1-3-5-7-9-11-13-15-17-19-21-23-25-27-29-31-33-35-37-45(48)55-41-44(42-58-61(53,54)57-40-43(47)39-56-60(50,51)52)59-46(49)38-36-34-32-30-28-26-24-22-20-18-16-14-12-10-8-6-4-2/h5,7,11,13,17-20,23-26,30,32,43-44,47H,3-4,6,8-10,12,14-16,21-22,27-29,31,33-42H2,1-2H3,(H,53,54)(H2,50,51,52)/b7-5-,13-11-,19-17-,20-18-,25-23-,26-24-,32-30-/t43-,44+/m0/s1. The summed E-state index contributed by atoms with van der Waals surface area (Å²) < 4.78 is 47.7. The Morgan fingerprint density at radius 2 is 0.918 bits per heavy atom. The Morgan fingerprint density at radius 1 is 0.492 bits per heavy atom. The summed E-state index contributed by atoms with van der Waals surface area (Å²) in [5.41, 5.74) is 0. The van der Waals surface area contributed by atoms with Crippen LogP contribution in [0, 0.1) is 0 Å². The molecule has 0 aliphatic heterocycles. The molecule has 0 aliphatic carbocycles. The topological polar surface area (TPSA) is 195 Å². The Kier molecular flexibility index (Phi) is 39.5. The minimum Gasteiger partial charge on any atom is -0.462 e. The first-order valence-electron chi connectivity index (χ1n) is 22.3. The average Bonchev–Trinajstić information content (AvgIpc) is 3.22. The highest BCUT2D eigenvalue weighted by molar-refractivity contribution is 7.47. The Hall–Kier alpha value is -2.70. The Bertz CT molecular complexity index is 1400. The fourth-order valence-electron chi connectivity index (χ4n) is 5.41. The molecule has 0 amide bonds. The van der Waals surface area contributed by atoms with Crippen molar-refractivity contribution < 1.29 is 61.6 Å². The zero-order valence-electron chi connectivity index (χ0n) is 37.0. The quantitative estimate of drug-likeness (QED) is 0.0196. The largest absolute Gasteiger partial charge is 0.472 e. The third kappa shape index (κ3) is 45.1. The summed E-state index contributed by atoms with van der Waals surface area (Å²) in [5, 5.41) is 9.75. The number of carbonyl (C=O) groups excluding carboxylic acids is 2. The van der Waals surface area contributed by atoms with Gasteiger partial charge in [0.2, 0.25) is 0 Å². The summed E-state index contributed by atoms with van der Waals surface area (Å²) in [6.07, 6.45) is 47.2. The normalized spacial score (nSPS) is 14.8. The molecule has 0 spiro atoms. The number of ether oxygens (including phenoxy) is 2. The molecule has 0 saturated carbocycles. The van der Waals surface area contributed by atoms with E-state index in [0.29, 0.717) is 19.3 Å². The highest BCUT2D eigenvalue weighted by atomic mass is 31.2. The molecule has 1 unspecified atom stereocenters. The first-order valence-corrected chi connectivity index (χ1v) is 25.3. The Labute approximate surface area is 367 Å². The fourth-order valence-corrected chi connectivity index (χ4v) is 6.57. The third-order valence-electron chi connectivity index (χ3n) is 8.76. The van der Waals surface area contributed by atoms with Gasteiger partial charge in [0.15, 0.2) is 6.10 Å². The number of hydrogen-bond acceptors (Lipinski definition) is 10. The van der Waals surface area contributed by atoms with Gasteiger partial charge in [0.1, 0.15) is 12.7 Å². The van der Waals surface area contributed by atoms with E-state index < -0.39 is 66.2 Å². The molecule has 0 aromatic heterocycles. The molecule has 0 aromatic carbocycles. The number of allylic oxidation sites excluding steroid dienone is 14. The summed E-state index contributed by atoms with van der Waals surface area (Å²) in [7, 11) is -9.71. The van der Waals surface area contributed by atoms with Crippen LogP contribution in [0.4, 0.5) is 0 Å². The van der Waals surface area contributed by atoms with Gasteiger partial charge in [0.25, 0.3) is 0 Å². The molecular weight excluding hydrogens is 822 g/mol. The van der Waals surface area contributed by atoms with Gasteiger partial charge in [-0.3, -0.25) is 23.2 Å². The number of esters is 2. The molecule has 61 heavy (non-hydrogen) atoms. The second kappa shape index (κ2) is 41.3. The van der Waals surface area contributed by atoms with E-state index in [9.17, 15) is 28.7 Å². The van der Waals surface area contributed by atoms with Gasteiger partial charge in [-0.2, -0.15) is 0 Å². The van der Waals surface area contributed by atoms with Gasteiger partial charge in [-0.25, -0.2) is 9.13 Å². The number of aliphatic hydroxyl groups excluding tert-OH is 1. The monoisotopic (exact) mass is 900 g/mol. The lowest BCUT2D eigenvalue weighted by Crippen LogP contribution is -2.29. The van der Waals surface area contributed by atoms with Crippen molar-refractivity contribution in [1.29, 1.82) is 0 Å². The molecule has 0 heterocycles. The van der Waals surface area contributed by atoms with E-state index in [-0.39, 0.29) is 12.8 Å². The van der Waals surface area contributed by atoms with E-state index in [0.717, 1.165) is 70.6 Å². The van der Waals surface area contributed by atoms with Crippen LogP contribution >= 0.6 is 15.6 Å². The van der Waals surface area contributed by atoms with Crippen molar-refractivity contribution in [2.24, 2.45) is 0 Å². The van der Waals surface area contributed by atoms with E-state index in [1.54, 1.807) is 0 Å². The molecule has 4 N–H and O–H groups in total. The second-order valence-corrected chi connectivity index (χ2v) is 17.3. The van der Waals surface area contributed by atoms with Crippen molar-refractivity contribution in [3.05, 3.63) is 85.1 Å². The predicted molar refractivity (Wildman–Crippen MR) is 243 cm³/mol. The molecular formula is C46H78O13P2. The number of unbranched alkanes of at least 4 members (excludes halogenated alkanes) is 11. The van der Waals surface area contributed by atoms with Crippen LogP contribution in [0.15, 0.2) is 85.1 Å². The molecule has 0 aliphatic rings. The number of rotatable bonds is 41. The third-order valence-corrected chi connectivity index (χ3v) is 10.2. The van der Waals surface area contributed by atoms with E-state index in [1.165, 1.54) is 38.5 Å². The molecule has 15 heteroatoms. The lowest BCUT2D eigenvalue weighted by Gasteiger charge is -2.20. The minimum atomic E-state index is -4.87. The van der Waals surface area contributed by atoms with Gasteiger partial charge in [-0.15, -0.1) is 0 Å². The van der Waals surface area contributed by atoms with Crippen molar-refractivity contribution in [1.82, 2.24) is 0 Å². The zero-order chi connectivity index (χ0) is 45.1. The maximum absolute atomic E-state index is 12.7. The predicted octanol–water partition coefficient (Wildman–Crippen LogP) is 11.6. The molecule has 0 radical (unpaired) electrons. The number of phosphoric ester groups is 2. The maximum atomic E-state index is 12.7. The molecule has 0 rings (SSSR count). The van der Waals surface area contributed by atoms with Gasteiger partial charge in [-0.1, -0.05) is 144 Å². The van der Waals surface area contributed by atoms with Crippen molar-refractivity contribution in [2.75, 3.05) is 26.4 Å². The lowest BCUT2D eigenvalue weighted by atomic mass is 10.1. The minimum absolute atomic E-state index is 0.0496. The van der Waals surface area contributed by atoms with Crippen LogP contribution in [0.3, 0.4) is 0 Å². The Balaban J connectivity index is 4.65. The first kappa shape index (κ1) is 58.3. The van der Waals surface area contributed by atoms with Crippen molar-refractivity contribution in [3.63, 3.8) is 0 Å². The highest BCUT2D eigenvalue weighted by Gasteiger charge is 2.28. The molecule has 0 fully saturated rings. The van der Waals surface area contributed by atoms with Crippen LogP contribution in [0.2, 0.25) is 0 Å². The van der Waals surface area contributed by atoms with E-state index in [1.807, 2.05) is 12.2 Å². The average molecular weight is 901 g/mol. The van der Waals surface area contributed by atoms with Gasteiger partial charge in [-0.05, 0) is 83.5 Å². The van der Waals surface area contributed by atoms with Crippen LogP contribution in [0.25, 0.3) is 0 Å². The molecule has 0 aromatic rings. The number of aliphatic hydroxyl groups is 1. The number of hydrogen-bond donors (Lipinski definition) is 4. The summed E-state index contributed by atoms with van der Waals surface area (Å²) in [4.78, 5) is 52.7. The van der Waals surface area contributed by atoms with Crippen LogP contribution in [0.5, 0.6) is 0 Å². The molecule has 13 nitrogen and oxygen atoms in total. The number of phosphoric acid groups is 2. The maximum Gasteiger partial charge on any atom is 0.472 e. The summed E-state index contributed by atoms with van der Waals surface area (Å²) in [5.74, 6) is -1.13. The van der Waals surface area contributed by atoms with Gasteiger partial charge >= 0.3 is 27.6 Å². The first-order chi connectivity index (χ1) is 29.4. The number of carbonyl (C=O) groups is 2. The molecule has 350 valence electrons. The van der Waals surface area contributed by atoms with Gasteiger partial charge < -0.3 is 29.3 Å². The van der Waals surface area contributed by atoms with Gasteiger partial charge in [0.05, 0.1) is 19.8 Å². The molecule has 0 bridgehead atoms. The van der Waals surface area contributed by atoms with Crippen molar-refractivity contribution >= 4 is 27.6 Å².